The molecule has 0 radical (unpaired) electrons. The van der Waals surface area contributed by atoms with E-state index in [-0.39, 0.29) is 0 Å². The van der Waals surface area contributed by atoms with Gasteiger partial charge < -0.3 is 0 Å². The van der Waals surface area contributed by atoms with Crippen molar-refractivity contribution in [2.24, 2.45) is 0 Å². The first kappa shape index (κ1) is 22.5. The molecule has 0 aliphatic rings. The van der Waals surface area contributed by atoms with E-state index in [1.807, 2.05) is 89.8 Å². The van der Waals surface area contributed by atoms with Gasteiger partial charge in [-0.3, -0.25) is 15.0 Å². The third-order valence-corrected chi connectivity index (χ3v) is 6.30. The summed E-state index contributed by atoms with van der Waals surface area (Å²) in [7, 11) is 0. The summed E-state index contributed by atoms with van der Waals surface area (Å²) in [5.74, 6) is 0. The monoisotopic (exact) mass is 487 g/mol. The third-order valence-electron chi connectivity index (χ3n) is 6.30. The molecule has 0 saturated heterocycles. The van der Waals surface area contributed by atoms with E-state index in [9.17, 15) is 0 Å². The Balaban J connectivity index is 1.53. The van der Waals surface area contributed by atoms with Crippen molar-refractivity contribution in [2.75, 3.05) is 0 Å². The molecule has 0 aliphatic carbocycles. The van der Waals surface area contributed by atoms with Gasteiger partial charge in [-0.15, -0.1) is 0 Å². The number of aryl methyl sites for hydroxylation is 3. The normalized spacial score (nSPS) is 11.4. The van der Waals surface area contributed by atoms with E-state index in [0.717, 1.165) is 50.9 Å². The quantitative estimate of drug-likeness (QED) is 0.330. The van der Waals surface area contributed by atoms with Gasteiger partial charge in [-0.1, -0.05) is 0 Å². The van der Waals surface area contributed by atoms with Crippen LogP contribution in [0.4, 0.5) is 0 Å². The summed E-state index contributed by atoms with van der Waals surface area (Å²) in [5, 5.41) is 15.0. The van der Waals surface area contributed by atoms with Crippen LogP contribution in [0.1, 0.15) is 23.4 Å². The van der Waals surface area contributed by atoms with Gasteiger partial charge in [-0.25, -0.2) is 14.0 Å². The Morgan fingerprint density at radius 2 is 0.838 bits per heavy atom. The topological polar surface area (TPSA) is 92.1 Å². The molecule has 0 aliphatic heterocycles. The zero-order chi connectivity index (χ0) is 25.4. The first-order valence-electron chi connectivity index (χ1n) is 12.0. The summed E-state index contributed by atoms with van der Waals surface area (Å²) in [6.07, 6.45) is 10.3. The van der Waals surface area contributed by atoms with Gasteiger partial charge in [0.25, 0.3) is 0 Å². The van der Waals surface area contributed by atoms with E-state index in [4.69, 9.17) is 15.3 Å². The van der Waals surface area contributed by atoms with Crippen molar-refractivity contribution in [3.8, 4) is 33.8 Å². The molecule has 6 aromatic rings. The Bertz CT molecular complexity index is 1450. The van der Waals surface area contributed by atoms with E-state index < -0.39 is 6.29 Å². The maximum absolute atomic E-state index is 5.01. The fraction of sp³-hybridized carbons (Fsp3) is 0.143. The lowest BCUT2D eigenvalue weighted by atomic mass is 10.2. The lowest BCUT2D eigenvalue weighted by molar-refractivity contribution is 0.272. The van der Waals surface area contributed by atoms with Crippen molar-refractivity contribution in [3.63, 3.8) is 0 Å². The molecule has 6 aromatic heterocycles. The van der Waals surface area contributed by atoms with Crippen molar-refractivity contribution >= 4 is 0 Å². The molecule has 0 saturated carbocycles. The number of pyridine rings is 3. The lowest BCUT2D eigenvalue weighted by Crippen LogP contribution is -2.31. The number of nitrogens with zero attached hydrogens (tertiary/aromatic N) is 9. The Kier molecular flexibility index (Phi) is 5.65. The molecular weight excluding hydrogens is 462 g/mol. The molecular formula is C28H25N9. The Hall–Kier alpha value is -4.92. The second-order valence-corrected chi connectivity index (χ2v) is 8.92. The summed E-state index contributed by atoms with van der Waals surface area (Å²) in [4.78, 5) is 12.8. The highest BCUT2D eigenvalue weighted by Crippen LogP contribution is 2.28. The zero-order valence-corrected chi connectivity index (χ0v) is 20.8. The minimum atomic E-state index is -0.471. The second kappa shape index (κ2) is 9.27. The summed E-state index contributed by atoms with van der Waals surface area (Å²) in [6.45, 7) is 6.13. The van der Waals surface area contributed by atoms with Crippen LogP contribution in [0.5, 0.6) is 0 Å². The molecule has 6 heterocycles. The van der Waals surface area contributed by atoms with Gasteiger partial charge in [0.2, 0.25) is 6.29 Å². The van der Waals surface area contributed by atoms with E-state index in [1.54, 1.807) is 18.6 Å². The zero-order valence-electron chi connectivity index (χ0n) is 20.8. The number of aromatic nitrogens is 9. The number of hydrogen-bond acceptors (Lipinski definition) is 6. The van der Waals surface area contributed by atoms with E-state index in [1.165, 1.54) is 0 Å². The van der Waals surface area contributed by atoms with Crippen LogP contribution in [0.15, 0.2) is 91.8 Å². The van der Waals surface area contributed by atoms with E-state index in [0.29, 0.717) is 0 Å². The van der Waals surface area contributed by atoms with Crippen LogP contribution in [-0.4, -0.2) is 44.3 Å². The van der Waals surface area contributed by atoms with Gasteiger partial charge in [0, 0.05) is 71.0 Å². The molecule has 0 spiro atoms. The maximum Gasteiger partial charge on any atom is 0.238 e. The lowest BCUT2D eigenvalue weighted by Gasteiger charge is -2.23. The van der Waals surface area contributed by atoms with Gasteiger partial charge in [0.15, 0.2) is 0 Å². The Morgan fingerprint density at radius 3 is 1.11 bits per heavy atom. The Morgan fingerprint density at radius 1 is 0.514 bits per heavy atom. The van der Waals surface area contributed by atoms with Crippen molar-refractivity contribution in [2.45, 2.75) is 27.1 Å². The Labute approximate surface area is 214 Å². The highest BCUT2D eigenvalue weighted by Gasteiger charge is 2.26. The average Bonchev–Trinajstić information content (AvgIpc) is 3.64. The van der Waals surface area contributed by atoms with Crippen LogP contribution < -0.4 is 0 Å². The second-order valence-electron chi connectivity index (χ2n) is 8.92. The summed E-state index contributed by atoms with van der Waals surface area (Å²) in [6, 6.07) is 17.9. The smallest absolute Gasteiger partial charge is 0.238 e. The van der Waals surface area contributed by atoms with Crippen LogP contribution in [0, 0.1) is 20.8 Å². The summed E-state index contributed by atoms with van der Waals surface area (Å²) in [5.41, 5.74) is 8.28. The fourth-order valence-corrected chi connectivity index (χ4v) is 4.44. The standard InChI is InChI=1S/C28H25N9/c1-19-13-25(22-7-4-10-29-16-22)32-35(19)28(36-20(2)14-26(33-36)23-8-5-11-30-17-23)37-21(3)15-27(34-37)24-9-6-12-31-18-24/h4-18,28H,1-3H3. The minimum Gasteiger partial charge on any atom is -0.264 e. The highest BCUT2D eigenvalue weighted by atomic mass is 15.6. The van der Waals surface area contributed by atoms with Crippen molar-refractivity contribution in [3.05, 3.63) is 109 Å². The predicted molar refractivity (Wildman–Crippen MR) is 140 cm³/mol. The van der Waals surface area contributed by atoms with Gasteiger partial charge >= 0.3 is 0 Å². The summed E-state index contributed by atoms with van der Waals surface area (Å²) >= 11 is 0. The average molecular weight is 488 g/mol. The van der Waals surface area contributed by atoms with Gasteiger partial charge in [-0.05, 0) is 75.4 Å². The molecule has 0 fully saturated rings. The maximum atomic E-state index is 5.01. The molecule has 6 rings (SSSR count). The number of hydrogen-bond donors (Lipinski definition) is 0. The van der Waals surface area contributed by atoms with E-state index in [2.05, 4.69) is 33.2 Å². The van der Waals surface area contributed by atoms with Crippen LogP contribution in [0.3, 0.4) is 0 Å². The first-order valence-corrected chi connectivity index (χ1v) is 12.0. The molecule has 0 N–H and O–H groups in total. The highest BCUT2D eigenvalue weighted by molar-refractivity contribution is 5.60. The van der Waals surface area contributed by atoms with Crippen LogP contribution >= 0.6 is 0 Å². The molecule has 0 bridgehead atoms. The van der Waals surface area contributed by atoms with Crippen molar-refractivity contribution < 1.29 is 0 Å². The number of rotatable bonds is 6. The fourth-order valence-electron chi connectivity index (χ4n) is 4.44. The van der Waals surface area contributed by atoms with Gasteiger partial charge in [0.1, 0.15) is 0 Å². The molecule has 182 valence electrons. The molecule has 0 aromatic carbocycles. The van der Waals surface area contributed by atoms with Crippen LogP contribution in [-0.2, 0) is 0 Å². The molecule has 9 heteroatoms. The van der Waals surface area contributed by atoms with Gasteiger partial charge in [-0.2, -0.15) is 15.3 Å². The first-order chi connectivity index (χ1) is 18.1. The molecule has 0 atom stereocenters. The molecule has 37 heavy (non-hydrogen) atoms. The van der Waals surface area contributed by atoms with Crippen molar-refractivity contribution in [1.29, 1.82) is 0 Å². The molecule has 9 nitrogen and oxygen atoms in total. The van der Waals surface area contributed by atoms with Crippen molar-refractivity contribution in [1.82, 2.24) is 44.3 Å². The molecule has 0 unspecified atom stereocenters. The largest absolute Gasteiger partial charge is 0.264 e. The van der Waals surface area contributed by atoms with Crippen LogP contribution in [0.2, 0.25) is 0 Å². The predicted octanol–water partition coefficient (Wildman–Crippen LogP) is 4.94. The van der Waals surface area contributed by atoms with Gasteiger partial charge in [0.05, 0.1) is 17.1 Å². The minimum absolute atomic E-state index is 0.471. The summed E-state index contributed by atoms with van der Waals surface area (Å²) < 4.78 is 5.88. The SMILES string of the molecule is Cc1cc(-c2cccnc2)nn1C(n1nc(-c2cccnc2)cc1C)n1nc(-c2cccnc2)cc1C. The van der Waals surface area contributed by atoms with E-state index >= 15 is 0 Å². The molecule has 0 amide bonds. The van der Waals surface area contributed by atoms with Crippen LogP contribution in [0.25, 0.3) is 33.8 Å². The third kappa shape index (κ3) is 4.20.